The van der Waals surface area contributed by atoms with Crippen molar-refractivity contribution in [1.29, 1.82) is 0 Å². The number of halogens is 3. The van der Waals surface area contributed by atoms with Crippen molar-refractivity contribution in [2.24, 2.45) is 0 Å². The monoisotopic (exact) mass is 616 g/mol. The zero-order valence-electron chi connectivity index (χ0n) is 24.5. The van der Waals surface area contributed by atoms with Gasteiger partial charge in [-0.25, -0.2) is 0 Å². The lowest BCUT2D eigenvalue weighted by Gasteiger charge is -2.31. The minimum Gasteiger partial charge on any atom is -0.497 e. The van der Waals surface area contributed by atoms with Gasteiger partial charge in [-0.3, -0.25) is 5.10 Å². The quantitative estimate of drug-likeness (QED) is 0.161. The van der Waals surface area contributed by atoms with Crippen LogP contribution in [-0.2, 0) is 40.2 Å². The van der Waals surface area contributed by atoms with Crippen LogP contribution in [0.3, 0.4) is 0 Å². The van der Waals surface area contributed by atoms with Crippen LogP contribution in [0.15, 0.2) is 79.0 Å². The average molecular weight is 617 g/mol. The largest absolute Gasteiger partial charge is 0.497 e. The number of aromatic amines is 1. The first-order chi connectivity index (χ1) is 21.2. The van der Waals surface area contributed by atoms with E-state index in [1.807, 2.05) is 17.2 Å². The molecule has 0 aliphatic heterocycles. The smallest absolute Gasteiger partial charge is 0.433 e. The van der Waals surface area contributed by atoms with Crippen molar-refractivity contribution in [3.8, 4) is 17.2 Å². The van der Waals surface area contributed by atoms with Crippen molar-refractivity contribution >= 4 is 0 Å². The van der Waals surface area contributed by atoms with E-state index in [1.165, 1.54) is 14.2 Å². The lowest BCUT2D eigenvalue weighted by Crippen LogP contribution is -2.39. The van der Waals surface area contributed by atoms with Gasteiger partial charge in [0, 0.05) is 5.56 Å². The maximum Gasteiger partial charge on any atom is 0.433 e. The van der Waals surface area contributed by atoms with Crippen LogP contribution in [0.2, 0.25) is 0 Å². The van der Waals surface area contributed by atoms with Gasteiger partial charge >= 0.3 is 6.18 Å². The van der Waals surface area contributed by atoms with Gasteiger partial charge in [-0.05, 0) is 53.1 Å². The molecule has 12 heteroatoms. The summed E-state index contributed by atoms with van der Waals surface area (Å²) in [4.78, 5) is 0. The Bertz CT molecular complexity index is 1410. The zero-order chi connectivity index (χ0) is 31.5. The molecular weight excluding hydrogens is 581 g/mol. The molecule has 1 heterocycles. The highest BCUT2D eigenvalue weighted by atomic mass is 19.4. The number of alkyl halides is 3. The number of hydrogen-bond donors (Lipinski definition) is 2. The highest BCUT2D eigenvalue weighted by molar-refractivity contribution is 5.29. The van der Waals surface area contributed by atoms with Crippen LogP contribution in [-0.4, -0.2) is 55.4 Å². The molecule has 1 aromatic heterocycles. The SMILES string of the molecule is COc1ccc(COC[C@@H](O)[C@H](OCc2ccc(OC)cc2)[C@H](OCc2ccc(OC)cc2)c2cn[nH]c2C(F)(F)F)cc1. The van der Waals surface area contributed by atoms with Gasteiger partial charge in [-0.2, -0.15) is 18.3 Å². The van der Waals surface area contributed by atoms with Gasteiger partial charge in [0.05, 0.1) is 54.0 Å². The molecule has 3 atom stereocenters. The van der Waals surface area contributed by atoms with Gasteiger partial charge in [0.15, 0.2) is 0 Å². The molecule has 0 saturated carbocycles. The normalized spacial score (nSPS) is 13.7. The lowest BCUT2D eigenvalue weighted by molar-refractivity contribution is -0.159. The third-order valence-corrected chi connectivity index (χ3v) is 6.84. The molecule has 3 aromatic carbocycles. The molecular formula is C32H35F3N2O7. The summed E-state index contributed by atoms with van der Waals surface area (Å²) >= 11 is 0. The number of rotatable bonds is 16. The number of aromatic nitrogens is 2. The molecule has 0 radical (unpaired) electrons. The van der Waals surface area contributed by atoms with E-state index in [-0.39, 0.29) is 32.0 Å². The molecule has 0 aliphatic carbocycles. The van der Waals surface area contributed by atoms with Crippen LogP contribution in [0.1, 0.15) is 34.1 Å². The molecule has 0 bridgehead atoms. The number of aliphatic hydroxyl groups excluding tert-OH is 1. The Morgan fingerprint density at radius 3 is 1.61 bits per heavy atom. The van der Waals surface area contributed by atoms with Crippen molar-refractivity contribution in [2.45, 2.75) is 44.3 Å². The molecule has 0 fully saturated rings. The van der Waals surface area contributed by atoms with Gasteiger partial charge in [-0.1, -0.05) is 36.4 Å². The summed E-state index contributed by atoms with van der Waals surface area (Å²) in [6.07, 6.45) is -7.78. The lowest BCUT2D eigenvalue weighted by atomic mass is 9.99. The van der Waals surface area contributed by atoms with Crippen LogP contribution in [0, 0.1) is 0 Å². The molecule has 4 aromatic rings. The molecule has 0 amide bonds. The van der Waals surface area contributed by atoms with E-state index in [2.05, 4.69) is 5.10 Å². The Balaban J connectivity index is 1.60. The van der Waals surface area contributed by atoms with Crippen molar-refractivity contribution in [3.05, 3.63) is 107 Å². The number of nitrogens with one attached hydrogen (secondary N) is 1. The van der Waals surface area contributed by atoms with Gasteiger partial charge in [0.25, 0.3) is 0 Å². The average Bonchev–Trinajstić information content (AvgIpc) is 3.54. The first-order valence-electron chi connectivity index (χ1n) is 13.7. The zero-order valence-corrected chi connectivity index (χ0v) is 24.5. The Morgan fingerprint density at radius 2 is 1.16 bits per heavy atom. The fraction of sp³-hybridized carbons (Fsp3) is 0.344. The molecule has 4 rings (SSSR count). The van der Waals surface area contributed by atoms with Crippen LogP contribution in [0.25, 0.3) is 0 Å². The van der Waals surface area contributed by atoms with E-state index in [0.717, 1.165) is 11.8 Å². The number of H-pyrrole nitrogens is 1. The Hall–Kier alpha value is -4.10. The highest BCUT2D eigenvalue weighted by Crippen LogP contribution is 2.37. The van der Waals surface area contributed by atoms with Crippen molar-refractivity contribution in [3.63, 3.8) is 0 Å². The maximum atomic E-state index is 14.0. The predicted molar refractivity (Wildman–Crippen MR) is 154 cm³/mol. The van der Waals surface area contributed by atoms with E-state index in [1.54, 1.807) is 67.8 Å². The molecule has 2 N–H and O–H groups in total. The predicted octanol–water partition coefficient (Wildman–Crippen LogP) is 5.88. The van der Waals surface area contributed by atoms with Crippen LogP contribution in [0.5, 0.6) is 17.2 Å². The Morgan fingerprint density at radius 1 is 0.705 bits per heavy atom. The first-order valence-corrected chi connectivity index (χ1v) is 13.7. The number of methoxy groups -OCH3 is 3. The van der Waals surface area contributed by atoms with E-state index in [4.69, 9.17) is 28.4 Å². The summed E-state index contributed by atoms with van der Waals surface area (Å²) in [6.45, 7) is -0.227. The molecule has 9 nitrogen and oxygen atoms in total. The maximum absolute atomic E-state index is 14.0. The second-order valence-electron chi connectivity index (χ2n) is 9.83. The van der Waals surface area contributed by atoms with E-state index in [9.17, 15) is 18.3 Å². The topological polar surface area (TPSA) is 104 Å². The van der Waals surface area contributed by atoms with Crippen LogP contribution < -0.4 is 14.2 Å². The van der Waals surface area contributed by atoms with Crippen molar-refractivity contribution in [1.82, 2.24) is 10.2 Å². The minimum absolute atomic E-state index is 0.0359. The standard InChI is InChI=1S/C32H35F3N2O7/c1-39-24-10-4-21(5-11-24)17-42-20-28(38)30(44-19-23-8-14-26(41-3)15-9-23)29(27-16-36-37-31(27)32(33,34)35)43-18-22-6-12-25(40-2)13-7-22/h4-16,28-30,38H,17-20H2,1-3H3,(H,36,37)/t28-,29-,30+/m1/s1. The summed E-state index contributed by atoms with van der Waals surface area (Å²) in [5, 5.41) is 17.0. The van der Waals surface area contributed by atoms with Crippen LogP contribution >= 0.6 is 0 Å². The second-order valence-corrected chi connectivity index (χ2v) is 9.83. The van der Waals surface area contributed by atoms with Crippen molar-refractivity contribution in [2.75, 3.05) is 27.9 Å². The number of benzene rings is 3. The molecule has 0 saturated heterocycles. The second kappa shape index (κ2) is 15.6. The Kier molecular flexibility index (Phi) is 11.6. The van der Waals surface area contributed by atoms with Crippen LogP contribution in [0.4, 0.5) is 13.2 Å². The fourth-order valence-corrected chi connectivity index (χ4v) is 4.44. The van der Waals surface area contributed by atoms with E-state index >= 15 is 0 Å². The number of hydrogen-bond acceptors (Lipinski definition) is 8. The minimum atomic E-state index is -4.76. The van der Waals surface area contributed by atoms with Crippen molar-refractivity contribution < 1.29 is 46.7 Å². The van der Waals surface area contributed by atoms with Gasteiger partial charge in [0.1, 0.15) is 41.3 Å². The summed E-state index contributed by atoms with van der Waals surface area (Å²) in [6, 6.07) is 21.1. The Labute approximate surface area is 253 Å². The molecule has 236 valence electrons. The molecule has 0 aliphatic rings. The third-order valence-electron chi connectivity index (χ3n) is 6.84. The van der Waals surface area contributed by atoms with Gasteiger partial charge in [0.2, 0.25) is 0 Å². The summed E-state index contributed by atoms with van der Waals surface area (Å²) in [5.41, 5.74) is 0.795. The van der Waals surface area contributed by atoms with Gasteiger partial charge < -0.3 is 33.5 Å². The molecule has 44 heavy (non-hydrogen) atoms. The van der Waals surface area contributed by atoms with Gasteiger partial charge in [-0.15, -0.1) is 0 Å². The molecule has 0 spiro atoms. The summed E-state index contributed by atoms with van der Waals surface area (Å²) in [7, 11) is 4.63. The van der Waals surface area contributed by atoms with E-state index in [0.29, 0.717) is 28.4 Å². The first kappa shape index (κ1) is 32.8. The third kappa shape index (κ3) is 8.96. The molecule has 0 unspecified atom stereocenters. The van der Waals surface area contributed by atoms with E-state index < -0.39 is 30.2 Å². The fourth-order valence-electron chi connectivity index (χ4n) is 4.44. The summed E-state index contributed by atoms with van der Waals surface area (Å²) < 4.78 is 75.7. The highest BCUT2D eigenvalue weighted by Gasteiger charge is 2.42. The number of ether oxygens (including phenoxy) is 6. The number of aliphatic hydroxyl groups is 1. The summed E-state index contributed by atoms with van der Waals surface area (Å²) in [5.74, 6) is 1.93. The number of nitrogens with zero attached hydrogens (tertiary/aromatic N) is 1.